The highest BCUT2D eigenvalue weighted by Gasteiger charge is 2.48. The van der Waals surface area contributed by atoms with Crippen LogP contribution in [-0.4, -0.2) is 67.7 Å². The molecule has 142 valence electrons. The molecule has 1 amide bonds. The van der Waals surface area contributed by atoms with E-state index in [0.29, 0.717) is 19.1 Å². The molecule has 7 heteroatoms. The minimum atomic E-state index is -0.270. The zero-order valence-corrected chi connectivity index (χ0v) is 15.9. The van der Waals surface area contributed by atoms with Gasteiger partial charge in [-0.25, -0.2) is 4.98 Å². The first-order valence-electron chi connectivity index (χ1n) is 9.78. The lowest BCUT2D eigenvalue weighted by atomic mass is 9.78. The Hall–Kier alpha value is -1.89. The Labute approximate surface area is 155 Å². The van der Waals surface area contributed by atoms with Crippen LogP contribution in [0.1, 0.15) is 36.9 Å². The molecule has 3 aliphatic rings. The standard InChI is InChI=1S/C19H29N5O2/c1-20-16-14-5-3-6-15(14)21-18(22-16)24-10-8-19(13-24)7-4-9-23(17(19)25)11-12-26-2/h3-13H2,1-2H3,(H,20,21,22)/t19-/m1/s1. The van der Waals surface area contributed by atoms with E-state index in [4.69, 9.17) is 14.7 Å². The van der Waals surface area contributed by atoms with Crippen LogP contribution >= 0.6 is 0 Å². The molecular formula is C19H29N5O2. The third kappa shape index (κ3) is 2.92. The summed E-state index contributed by atoms with van der Waals surface area (Å²) in [5.41, 5.74) is 2.18. The van der Waals surface area contributed by atoms with Crippen LogP contribution in [0.2, 0.25) is 0 Å². The van der Waals surface area contributed by atoms with Crippen molar-refractivity contribution in [1.82, 2.24) is 14.9 Å². The first kappa shape index (κ1) is 17.5. The fourth-order valence-corrected chi connectivity index (χ4v) is 4.76. The number of fused-ring (bicyclic) bond motifs is 1. The number of aryl methyl sites for hydroxylation is 1. The van der Waals surface area contributed by atoms with E-state index in [9.17, 15) is 4.79 Å². The van der Waals surface area contributed by atoms with Gasteiger partial charge in [-0.1, -0.05) is 0 Å². The predicted molar refractivity (Wildman–Crippen MR) is 101 cm³/mol. The Bertz CT molecular complexity index is 695. The van der Waals surface area contributed by atoms with Crippen LogP contribution in [0.5, 0.6) is 0 Å². The highest BCUT2D eigenvalue weighted by atomic mass is 16.5. The largest absolute Gasteiger partial charge is 0.383 e. The number of methoxy groups -OCH3 is 1. The van der Waals surface area contributed by atoms with Crippen molar-refractivity contribution in [3.8, 4) is 0 Å². The predicted octanol–water partition coefficient (Wildman–Crippen LogP) is 1.47. The van der Waals surface area contributed by atoms with Gasteiger partial charge in [-0.15, -0.1) is 0 Å². The van der Waals surface area contributed by atoms with E-state index in [1.165, 1.54) is 11.3 Å². The van der Waals surface area contributed by atoms with Gasteiger partial charge in [-0.05, 0) is 38.5 Å². The van der Waals surface area contributed by atoms with E-state index >= 15 is 0 Å². The van der Waals surface area contributed by atoms with Crippen LogP contribution in [0.25, 0.3) is 0 Å². The maximum atomic E-state index is 13.1. The Balaban J connectivity index is 1.54. The summed E-state index contributed by atoms with van der Waals surface area (Å²) in [7, 11) is 3.61. The summed E-state index contributed by atoms with van der Waals surface area (Å²) in [5.74, 6) is 2.03. The minimum Gasteiger partial charge on any atom is -0.383 e. The number of aromatic nitrogens is 2. The summed E-state index contributed by atoms with van der Waals surface area (Å²) < 4.78 is 5.17. The zero-order valence-electron chi connectivity index (χ0n) is 15.9. The number of anilines is 2. The number of hydrogen-bond acceptors (Lipinski definition) is 6. The van der Waals surface area contributed by atoms with Gasteiger partial charge in [-0.3, -0.25) is 4.79 Å². The van der Waals surface area contributed by atoms with Crippen LogP contribution in [0, 0.1) is 5.41 Å². The highest BCUT2D eigenvalue weighted by molar-refractivity contribution is 5.85. The second kappa shape index (κ2) is 7.02. The molecule has 1 spiro atoms. The molecule has 0 aromatic carbocycles. The van der Waals surface area contributed by atoms with Crippen molar-refractivity contribution in [1.29, 1.82) is 0 Å². The summed E-state index contributed by atoms with van der Waals surface area (Å²) in [5, 5.41) is 3.23. The van der Waals surface area contributed by atoms with Crippen molar-refractivity contribution >= 4 is 17.7 Å². The van der Waals surface area contributed by atoms with Crippen molar-refractivity contribution < 1.29 is 9.53 Å². The van der Waals surface area contributed by atoms with Crippen molar-refractivity contribution in [3.63, 3.8) is 0 Å². The van der Waals surface area contributed by atoms with Crippen LogP contribution in [0.4, 0.5) is 11.8 Å². The number of piperidine rings is 1. The molecule has 2 saturated heterocycles. The zero-order chi connectivity index (χ0) is 18.1. The molecule has 26 heavy (non-hydrogen) atoms. The van der Waals surface area contributed by atoms with Gasteiger partial charge in [0.1, 0.15) is 5.82 Å². The van der Waals surface area contributed by atoms with E-state index in [-0.39, 0.29) is 5.41 Å². The quantitative estimate of drug-likeness (QED) is 0.859. The van der Waals surface area contributed by atoms with Crippen LogP contribution in [0.3, 0.4) is 0 Å². The second-order valence-corrected chi connectivity index (χ2v) is 7.74. The summed E-state index contributed by atoms with van der Waals surface area (Å²) >= 11 is 0. The van der Waals surface area contributed by atoms with Crippen LogP contribution < -0.4 is 10.2 Å². The van der Waals surface area contributed by atoms with Gasteiger partial charge >= 0.3 is 0 Å². The lowest BCUT2D eigenvalue weighted by molar-refractivity contribution is -0.145. The molecule has 2 aliphatic heterocycles. The molecule has 0 unspecified atom stereocenters. The van der Waals surface area contributed by atoms with E-state index < -0.39 is 0 Å². The number of rotatable bonds is 5. The Kier molecular flexibility index (Phi) is 4.73. The molecule has 1 aliphatic carbocycles. The molecule has 7 nitrogen and oxygen atoms in total. The second-order valence-electron chi connectivity index (χ2n) is 7.74. The van der Waals surface area contributed by atoms with Gasteiger partial charge in [0, 0.05) is 45.9 Å². The van der Waals surface area contributed by atoms with E-state index in [1.807, 2.05) is 11.9 Å². The van der Waals surface area contributed by atoms with Crippen LogP contribution in [0.15, 0.2) is 0 Å². The van der Waals surface area contributed by atoms with Gasteiger partial charge in [0.2, 0.25) is 11.9 Å². The van der Waals surface area contributed by atoms with Crippen molar-refractivity contribution in [2.24, 2.45) is 5.41 Å². The Morgan fingerprint density at radius 2 is 2.08 bits per heavy atom. The smallest absolute Gasteiger partial charge is 0.230 e. The Morgan fingerprint density at radius 3 is 2.88 bits per heavy atom. The molecule has 4 rings (SSSR count). The van der Waals surface area contributed by atoms with Crippen molar-refractivity contribution in [3.05, 3.63) is 11.3 Å². The van der Waals surface area contributed by atoms with Gasteiger partial charge in [0.05, 0.1) is 17.7 Å². The van der Waals surface area contributed by atoms with Gasteiger partial charge in [0.25, 0.3) is 0 Å². The molecule has 0 radical (unpaired) electrons. The molecule has 0 bridgehead atoms. The van der Waals surface area contributed by atoms with Gasteiger partial charge in [-0.2, -0.15) is 4.98 Å². The topological polar surface area (TPSA) is 70.6 Å². The van der Waals surface area contributed by atoms with Gasteiger partial charge < -0.3 is 19.9 Å². The molecule has 1 aromatic rings. The fraction of sp³-hybridized carbons (Fsp3) is 0.737. The summed E-state index contributed by atoms with van der Waals surface area (Å²) in [6.07, 6.45) is 6.17. The number of carbonyl (C=O) groups is 1. The van der Waals surface area contributed by atoms with Crippen molar-refractivity contribution in [2.75, 3.05) is 57.2 Å². The number of nitrogens with one attached hydrogen (secondary N) is 1. The number of carbonyl (C=O) groups excluding carboxylic acids is 1. The molecule has 2 fully saturated rings. The lowest BCUT2D eigenvalue weighted by Gasteiger charge is -2.39. The molecule has 3 heterocycles. The minimum absolute atomic E-state index is 0.270. The monoisotopic (exact) mass is 359 g/mol. The van der Waals surface area contributed by atoms with Crippen LogP contribution in [-0.2, 0) is 22.4 Å². The third-order valence-corrected chi connectivity index (χ3v) is 6.18. The average Bonchev–Trinajstić information content (AvgIpc) is 3.30. The normalized spacial score (nSPS) is 25.2. The maximum absolute atomic E-state index is 13.1. The number of likely N-dealkylation sites (tertiary alicyclic amines) is 1. The highest BCUT2D eigenvalue weighted by Crippen LogP contribution is 2.41. The van der Waals surface area contributed by atoms with E-state index in [0.717, 1.165) is 69.9 Å². The first-order valence-corrected chi connectivity index (χ1v) is 9.78. The number of ether oxygens (including phenoxy) is 1. The molecular weight excluding hydrogens is 330 g/mol. The van der Waals surface area contributed by atoms with Gasteiger partial charge in [0.15, 0.2) is 0 Å². The average molecular weight is 359 g/mol. The molecule has 0 saturated carbocycles. The number of hydrogen-bond donors (Lipinski definition) is 1. The first-order chi connectivity index (χ1) is 12.7. The Morgan fingerprint density at radius 1 is 1.19 bits per heavy atom. The molecule has 1 atom stereocenters. The fourth-order valence-electron chi connectivity index (χ4n) is 4.76. The maximum Gasteiger partial charge on any atom is 0.230 e. The number of amides is 1. The third-order valence-electron chi connectivity index (χ3n) is 6.18. The van der Waals surface area contributed by atoms with Crippen molar-refractivity contribution in [2.45, 2.75) is 38.5 Å². The lowest BCUT2D eigenvalue weighted by Crippen LogP contribution is -2.51. The summed E-state index contributed by atoms with van der Waals surface area (Å²) in [6.45, 7) is 3.73. The molecule has 1 aromatic heterocycles. The number of nitrogens with zero attached hydrogens (tertiary/aromatic N) is 4. The summed E-state index contributed by atoms with van der Waals surface area (Å²) in [4.78, 5) is 27.0. The molecule has 1 N–H and O–H groups in total. The van der Waals surface area contributed by atoms with E-state index in [2.05, 4.69) is 10.2 Å². The summed E-state index contributed by atoms with van der Waals surface area (Å²) in [6, 6.07) is 0. The van der Waals surface area contributed by atoms with E-state index in [1.54, 1.807) is 7.11 Å². The SMILES string of the molecule is CNc1nc(N2CC[C@]3(CCCN(CCOC)C3=O)C2)nc2c1CCC2.